The number of benzene rings is 1. The first-order chi connectivity index (χ1) is 13.2. The molecule has 2 amide bonds. The Balaban J connectivity index is 1.62. The number of hydrogen-bond acceptors (Lipinski definition) is 5. The van der Waals surface area contributed by atoms with Crippen molar-refractivity contribution in [2.24, 2.45) is 5.92 Å². The van der Waals surface area contributed by atoms with Crippen LogP contribution < -0.4 is 10.9 Å². The van der Waals surface area contributed by atoms with Gasteiger partial charge in [-0.05, 0) is 61.1 Å². The van der Waals surface area contributed by atoms with Gasteiger partial charge in [0.25, 0.3) is 11.8 Å². The van der Waals surface area contributed by atoms with Gasteiger partial charge in [-0.25, -0.2) is 12.7 Å². The minimum Gasteiger partial charge on any atom is -0.267 e. The SMILES string of the molecule is CC1CCc2sc(C(=O)NNC(=O)c3ccc(S(=O)(=O)N(C)C)cc3)cc2C1. The first-order valence-corrected chi connectivity index (χ1v) is 11.2. The van der Waals surface area contributed by atoms with Crippen molar-refractivity contribution in [3.05, 3.63) is 51.2 Å². The normalized spacial score (nSPS) is 16.5. The Labute approximate surface area is 168 Å². The van der Waals surface area contributed by atoms with E-state index in [1.54, 1.807) is 0 Å². The molecule has 0 bridgehead atoms. The highest BCUT2D eigenvalue weighted by Crippen LogP contribution is 2.32. The zero-order valence-corrected chi connectivity index (χ0v) is 17.6. The van der Waals surface area contributed by atoms with E-state index in [2.05, 4.69) is 17.8 Å². The maximum atomic E-state index is 12.3. The fourth-order valence-corrected chi connectivity index (χ4v) is 5.06. The van der Waals surface area contributed by atoms with Crippen LogP contribution in [0.5, 0.6) is 0 Å². The quantitative estimate of drug-likeness (QED) is 0.740. The Morgan fingerprint density at radius 3 is 2.39 bits per heavy atom. The molecule has 2 N–H and O–H groups in total. The third kappa shape index (κ3) is 4.26. The Kier molecular flexibility index (Phi) is 5.87. The predicted molar refractivity (Wildman–Crippen MR) is 108 cm³/mol. The lowest BCUT2D eigenvalue weighted by atomic mass is 9.90. The van der Waals surface area contributed by atoms with Gasteiger partial charge in [0.15, 0.2) is 0 Å². The molecule has 0 radical (unpaired) electrons. The highest BCUT2D eigenvalue weighted by atomic mass is 32.2. The van der Waals surface area contributed by atoms with Gasteiger partial charge >= 0.3 is 0 Å². The van der Waals surface area contributed by atoms with Crippen molar-refractivity contribution in [1.29, 1.82) is 0 Å². The summed E-state index contributed by atoms with van der Waals surface area (Å²) in [4.78, 5) is 26.5. The third-order valence-electron chi connectivity index (χ3n) is 4.74. The van der Waals surface area contributed by atoms with E-state index < -0.39 is 15.9 Å². The number of amides is 2. The second-order valence-corrected chi connectivity index (χ2v) is 10.4. The van der Waals surface area contributed by atoms with Crippen LogP contribution in [0.4, 0.5) is 0 Å². The van der Waals surface area contributed by atoms with Gasteiger partial charge in [0.05, 0.1) is 9.77 Å². The maximum Gasteiger partial charge on any atom is 0.279 e. The van der Waals surface area contributed by atoms with Gasteiger partial charge in [-0.3, -0.25) is 20.4 Å². The van der Waals surface area contributed by atoms with Crippen molar-refractivity contribution in [2.75, 3.05) is 14.1 Å². The van der Waals surface area contributed by atoms with E-state index in [1.165, 1.54) is 60.1 Å². The zero-order chi connectivity index (χ0) is 20.5. The summed E-state index contributed by atoms with van der Waals surface area (Å²) in [6.45, 7) is 2.20. The largest absolute Gasteiger partial charge is 0.279 e. The molecule has 7 nitrogen and oxygen atoms in total. The van der Waals surface area contributed by atoms with Crippen LogP contribution in [-0.4, -0.2) is 38.6 Å². The van der Waals surface area contributed by atoms with E-state index >= 15 is 0 Å². The monoisotopic (exact) mass is 421 g/mol. The number of sulfonamides is 1. The van der Waals surface area contributed by atoms with Gasteiger partial charge in [0.1, 0.15) is 0 Å². The Bertz CT molecular complexity index is 995. The van der Waals surface area contributed by atoms with Crippen LogP contribution in [0.3, 0.4) is 0 Å². The molecule has 1 aliphatic carbocycles. The van der Waals surface area contributed by atoms with E-state index in [-0.39, 0.29) is 16.4 Å². The summed E-state index contributed by atoms with van der Waals surface area (Å²) < 4.78 is 25.2. The number of hydrogen-bond donors (Lipinski definition) is 2. The number of nitrogens with zero attached hydrogens (tertiary/aromatic N) is 1. The van der Waals surface area contributed by atoms with Crippen molar-refractivity contribution >= 4 is 33.2 Å². The molecule has 0 fully saturated rings. The van der Waals surface area contributed by atoms with Crippen LogP contribution >= 0.6 is 11.3 Å². The summed E-state index contributed by atoms with van der Waals surface area (Å²) in [5, 5.41) is 0. The third-order valence-corrected chi connectivity index (χ3v) is 7.80. The number of rotatable bonds is 4. The predicted octanol–water partition coefficient (Wildman–Crippen LogP) is 2.20. The zero-order valence-electron chi connectivity index (χ0n) is 16.0. The number of hydrazine groups is 1. The molecular formula is C19H23N3O4S2. The minimum absolute atomic E-state index is 0.0940. The molecule has 3 rings (SSSR count). The average molecular weight is 422 g/mol. The van der Waals surface area contributed by atoms with Crippen molar-refractivity contribution < 1.29 is 18.0 Å². The fraction of sp³-hybridized carbons (Fsp3) is 0.368. The molecule has 0 spiro atoms. The van der Waals surface area contributed by atoms with Crippen LogP contribution in [0.2, 0.25) is 0 Å². The lowest BCUT2D eigenvalue weighted by molar-refractivity contribution is 0.0849. The summed E-state index contributed by atoms with van der Waals surface area (Å²) >= 11 is 1.47. The molecule has 1 heterocycles. The van der Waals surface area contributed by atoms with E-state index in [0.29, 0.717) is 10.8 Å². The smallest absolute Gasteiger partial charge is 0.267 e. The molecule has 0 saturated heterocycles. The van der Waals surface area contributed by atoms with Gasteiger partial charge in [-0.15, -0.1) is 11.3 Å². The number of nitrogens with one attached hydrogen (secondary N) is 2. The number of carbonyl (C=O) groups excluding carboxylic acids is 2. The summed E-state index contributed by atoms with van der Waals surface area (Å²) in [5.74, 6) is -0.249. The molecule has 1 aromatic heterocycles. The second-order valence-electron chi connectivity index (χ2n) is 7.13. The van der Waals surface area contributed by atoms with Crippen LogP contribution in [-0.2, 0) is 22.9 Å². The number of fused-ring (bicyclic) bond motifs is 1. The number of thiophene rings is 1. The van der Waals surface area contributed by atoms with Crippen molar-refractivity contribution in [1.82, 2.24) is 15.2 Å². The Morgan fingerprint density at radius 1 is 1.11 bits per heavy atom. The van der Waals surface area contributed by atoms with Gasteiger partial charge in [-0.1, -0.05) is 6.92 Å². The summed E-state index contributed by atoms with van der Waals surface area (Å²) in [5.41, 5.74) is 6.27. The molecule has 1 aromatic carbocycles. The number of carbonyl (C=O) groups is 2. The topological polar surface area (TPSA) is 95.6 Å². The number of aryl methyl sites for hydroxylation is 1. The van der Waals surface area contributed by atoms with Crippen molar-refractivity contribution in [3.63, 3.8) is 0 Å². The maximum absolute atomic E-state index is 12.3. The van der Waals surface area contributed by atoms with Crippen LogP contribution in [0.15, 0.2) is 35.2 Å². The molecule has 1 aliphatic rings. The van der Waals surface area contributed by atoms with Crippen LogP contribution in [0, 0.1) is 5.92 Å². The van der Waals surface area contributed by atoms with E-state index in [1.807, 2.05) is 6.07 Å². The first-order valence-electron chi connectivity index (χ1n) is 8.93. The van der Waals surface area contributed by atoms with Gasteiger partial charge < -0.3 is 0 Å². The molecule has 0 saturated carbocycles. The van der Waals surface area contributed by atoms with Crippen LogP contribution in [0.25, 0.3) is 0 Å². The summed E-state index contributed by atoms with van der Waals surface area (Å²) in [6.07, 6.45) is 3.10. The molecule has 9 heteroatoms. The van der Waals surface area contributed by atoms with E-state index in [9.17, 15) is 18.0 Å². The average Bonchev–Trinajstić information content (AvgIpc) is 3.09. The molecule has 150 valence electrons. The summed E-state index contributed by atoms with van der Waals surface area (Å²) in [6, 6.07) is 7.44. The first kappa shape index (κ1) is 20.5. The minimum atomic E-state index is -3.55. The highest BCUT2D eigenvalue weighted by molar-refractivity contribution is 7.89. The Morgan fingerprint density at radius 2 is 1.75 bits per heavy atom. The molecule has 2 aromatic rings. The van der Waals surface area contributed by atoms with E-state index in [4.69, 9.17) is 0 Å². The van der Waals surface area contributed by atoms with Crippen LogP contribution in [0.1, 0.15) is 43.8 Å². The molecule has 28 heavy (non-hydrogen) atoms. The standard InChI is InChI=1S/C19H23N3O4S2/c1-12-4-9-16-14(10-12)11-17(27-16)19(24)21-20-18(23)13-5-7-15(8-6-13)28(25,26)22(2)3/h5-8,11-12H,4,9-10H2,1-3H3,(H,20,23)(H,21,24). The van der Waals surface area contributed by atoms with Gasteiger partial charge in [0, 0.05) is 24.5 Å². The molecule has 0 aliphatic heterocycles. The van der Waals surface area contributed by atoms with E-state index in [0.717, 1.165) is 23.6 Å². The lowest BCUT2D eigenvalue weighted by Gasteiger charge is -2.16. The molecule has 1 atom stereocenters. The van der Waals surface area contributed by atoms with Crippen molar-refractivity contribution in [2.45, 2.75) is 31.1 Å². The molecular weight excluding hydrogens is 398 g/mol. The molecule has 1 unspecified atom stereocenters. The fourth-order valence-electron chi connectivity index (χ4n) is 3.05. The summed E-state index contributed by atoms with van der Waals surface area (Å²) in [7, 11) is -0.676. The van der Waals surface area contributed by atoms with Gasteiger partial charge in [-0.2, -0.15) is 0 Å². The Hall–Kier alpha value is -2.23. The van der Waals surface area contributed by atoms with Crippen molar-refractivity contribution in [3.8, 4) is 0 Å². The highest BCUT2D eigenvalue weighted by Gasteiger charge is 2.21. The lowest BCUT2D eigenvalue weighted by Crippen LogP contribution is -2.41. The second kappa shape index (κ2) is 8.02. The van der Waals surface area contributed by atoms with Gasteiger partial charge in [0.2, 0.25) is 10.0 Å².